The SMILES string of the molecule is CC(C)c1nc(-c2ccc(C(=O)C(=O)OCc3ccccc3)cc2)no1. The number of hydrogen-bond donors (Lipinski definition) is 0. The van der Waals surface area contributed by atoms with Crippen molar-refractivity contribution in [2.24, 2.45) is 0 Å². The van der Waals surface area contributed by atoms with Gasteiger partial charge in [-0.2, -0.15) is 4.98 Å². The van der Waals surface area contributed by atoms with Crippen LogP contribution in [0.15, 0.2) is 59.1 Å². The Balaban J connectivity index is 1.65. The molecule has 0 N–H and O–H groups in total. The lowest BCUT2D eigenvalue weighted by Gasteiger charge is -2.04. The molecule has 0 radical (unpaired) electrons. The Morgan fingerprint density at radius 2 is 1.73 bits per heavy atom. The maximum Gasteiger partial charge on any atom is 0.380 e. The second-order valence-electron chi connectivity index (χ2n) is 6.08. The minimum atomic E-state index is -0.886. The average Bonchev–Trinajstić information content (AvgIpc) is 3.17. The number of benzene rings is 2. The van der Waals surface area contributed by atoms with Crippen molar-refractivity contribution in [3.63, 3.8) is 0 Å². The summed E-state index contributed by atoms with van der Waals surface area (Å²) in [6, 6.07) is 15.6. The molecule has 0 spiro atoms. The van der Waals surface area contributed by atoms with Gasteiger partial charge >= 0.3 is 5.97 Å². The molecule has 0 atom stereocenters. The molecule has 6 nitrogen and oxygen atoms in total. The van der Waals surface area contributed by atoms with Gasteiger partial charge in [0.25, 0.3) is 5.78 Å². The van der Waals surface area contributed by atoms with Crippen molar-refractivity contribution in [3.05, 3.63) is 71.6 Å². The quantitative estimate of drug-likeness (QED) is 0.382. The van der Waals surface area contributed by atoms with E-state index in [0.29, 0.717) is 17.3 Å². The van der Waals surface area contributed by atoms with E-state index in [9.17, 15) is 9.59 Å². The summed E-state index contributed by atoms with van der Waals surface area (Å²) in [4.78, 5) is 28.4. The summed E-state index contributed by atoms with van der Waals surface area (Å²) < 4.78 is 10.2. The molecule has 2 aromatic carbocycles. The van der Waals surface area contributed by atoms with Crippen LogP contribution in [0, 0.1) is 0 Å². The highest BCUT2D eigenvalue weighted by Gasteiger charge is 2.19. The minimum absolute atomic E-state index is 0.0599. The summed E-state index contributed by atoms with van der Waals surface area (Å²) in [7, 11) is 0. The second-order valence-corrected chi connectivity index (χ2v) is 6.08. The summed E-state index contributed by atoms with van der Waals surface area (Å²) in [6.45, 7) is 3.98. The lowest BCUT2D eigenvalue weighted by Crippen LogP contribution is -2.17. The van der Waals surface area contributed by atoms with E-state index in [1.54, 1.807) is 24.3 Å². The monoisotopic (exact) mass is 350 g/mol. The van der Waals surface area contributed by atoms with E-state index in [4.69, 9.17) is 9.26 Å². The van der Waals surface area contributed by atoms with Gasteiger partial charge in [0.15, 0.2) is 0 Å². The highest BCUT2D eigenvalue weighted by Crippen LogP contribution is 2.20. The molecule has 0 aliphatic carbocycles. The Bertz CT molecular complexity index is 899. The molecule has 0 unspecified atom stereocenters. The molecule has 3 rings (SSSR count). The molecule has 26 heavy (non-hydrogen) atoms. The Morgan fingerprint density at radius 3 is 2.35 bits per heavy atom. The number of ketones is 1. The summed E-state index contributed by atoms with van der Waals surface area (Å²) in [6.07, 6.45) is 0. The van der Waals surface area contributed by atoms with Gasteiger partial charge in [-0.05, 0) is 5.56 Å². The minimum Gasteiger partial charge on any atom is -0.455 e. The van der Waals surface area contributed by atoms with Crippen LogP contribution in [0.4, 0.5) is 0 Å². The summed E-state index contributed by atoms with van der Waals surface area (Å²) in [5.41, 5.74) is 1.77. The van der Waals surface area contributed by atoms with Gasteiger partial charge in [-0.3, -0.25) is 4.79 Å². The van der Waals surface area contributed by atoms with E-state index in [1.165, 1.54) is 0 Å². The zero-order valence-corrected chi connectivity index (χ0v) is 14.5. The van der Waals surface area contributed by atoms with Crippen LogP contribution >= 0.6 is 0 Å². The van der Waals surface area contributed by atoms with E-state index >= 15 is 0 Å². The van der Waals surface area contributed by atoms with Gasteiger partial charge in [-0.25, -0.2) is 4.79 Å². The molecule has 0 aliphatic rings. The molecule has 1 heterocycles. The molecule has 0 saturated carbocycles. The number of esters is 1. The van der Waals surface area contributed by atoms with Crippen molar-refractivity contribution in [2.75, 3.05) is 0 Å². The predicted molar refractivity (Wildman–Crippen MR) is 94.4 cm³/mol. The van der Waals surface area contributed by atoms with Crippen molar-refractivity contribution >= 4 is 11.8 Å². The molecule has 132 valence electrons. The molecular weight excluding hydrogens is 332 g/mol. The predicted octanol–water partition coefficient (Wildman–Crippen LogP) is 3.79. The van der Waals surface area contributed by atoms with Crippen LogP contribution in [0.25, 0.3) is 11.4 Å². The first-order valence-electron chi connectivity index (χ1n) is 8.24. The molecule has 0 fully saturated rings. The number of nitrogens with zero attached hydrogens (tertiary/aromatic N) is 2. The largest absolute Gasteiger partial charge is 0.455 e. The highest BCUT2D eigenvalue weighted by atomic mass is 16.5. The Kier molecular flexibility index (Phi) is 5.22. The molecule has 6 heteroatoms. The van der Waals surface area contributed by atoms with Crippen molar-refractivity contribution in [2.45, 2.75) is 26.4 Å². The average molecular weight is 350 g/mol. The number of hydrogen-bond acceptors (Lipinski definition) is 6. The van der Waals surface area contributed by atoms with Gasteiger partial charge in [0.05, 0.1) is 0 Å². The second kappa shape index (κ2) is 7.74. The van der Waals surface area contributed by atoms with Gasteiger partial charge in [0, 0.05) is 17.0 Å². The third-order valence-electron chi connectivity index (χ3n) is 3.74. The van der Waals surface area contributed by atoms with Crippen molar-refractivity contribution in [3.8, 4) is 11.4 Å². The Hall–Kier alpha value is -3.28. The number of ether oxygens (including phenoxy) is 1. The van der Waals surface area contributed by atoms with E-state index in [2.05, 4.69) is 10.1 Å². The highest BCUT2D eigenvalue weighted by molar-refractivity contribution is 6.40. The summed E-state index contributed by atoms with van der Waals surface area (Å²) in [5.74, 6) is -0.452. The molecule has 3 aromatic rings. The zero-order valence-electron chi connectivity index (χ0n) is 14.5. The molecular formula is C20H18N2O4. The van der Waals surface area contributed by atoms with Gasteiger partial charge in [-0.1, -0.05) is 73.6 Å². The van der Waals surface area contributed by atoms with E-state index in [1.807, 2.05) is 44.2 Å². The van der Waals surface area contributed by atoms with Crippen LogP contribution in [0.1, 0.15) is 41.6 Å². The normalized spacial score (nSPS) is 10.7. The number of carbonyl (C=O) groups excluding carboxylic acids is 2. The van der Waals surface area contributed by atoms with Gasteiger partial charge in [-0.15, -0.1) is 0 Å². The van der Waals surface area contributed by atoms with Gasteiger partial charge in [0.2, 0.25) is 11.7 Å². The first kappa shape index (κ1) is 17.5. The Morgan fingerprint density at radius 1 is 1.04 bits per heavy atom. The van der Waals surface area contributed by atoms with Crippen LogP contribution < -0.4 is 0 Å². The third kappa shape index (κ3) is 4.03. The maximum absolute atomic E-state index is 12.2. The summed E-state index contributed by atoms with van der Waals surface area (Å²) >= 11 is 0. The van der Waals surface area contributed by atoms with Gasteiger partial charge < -0.3 is 9.26 Å². The molecule has 1 aromatic heterocycles. The van der Waals surface area contributed by atoms with Crippen molar-refractivity contribution in [1.82, 2.24) is 10.1 Å². The third-order valence-corrected chi connectivity index (χ3v) is 3.74. The number of aromatic nitrogens is 2. The fourth-order valence-electron chi connectivity index (χ4n) is 2.26. The smallest absolute Gasteiger partial charge is 0.380 e. The van der Waals surface area contributed by atoms with Crippen LogP contribution in [0.5, 0.6) is 0 Å². The molecule has 0 bridgehead atoms. The van der Waals surface area contributed by atoms with Crippen molar-refractivity contribution in [1.29, 1.82) is 0 Å². The molecule has 0 aliphatic heterocycles. The number of rotatable bonds is 6. The first-order valence-corrected chi connectivity index (χ1v) is 8.24. The van der Waals surface area contributed by atoms with Crippen LogP contribution in [0.2, 0.25) is 0 Å². The number of carbonyl (C=O) groups is 2. The summed E-state index contributed by atoms with van der Waals surface area (Å²) in [5, 5.41) is 3.92. The van der Waals surface area contributed by atoms with Crippen LogP contribution in [-0.2, 0) is 16.1 Å². The van der Waals surface area contributed by atoms with Crippen molar-refractivity contribution < 1.29 is 18.8 Å². The van der Waals surface area contributed by atoms with Gasteiger partial charge in [0.1, 0.15) is 6.61 Å². The lowest BCUT2D eigenvalue weighted by molar-refractivity contribution is -0.139. The van der Waals surface area contributed by atoms with Crippen LogP contribution in [0.3, 0.4) is 0 Å². The maximum atomic E-state index is 12.2. The lowest BCUT2D eigenvalue weighted by atomic mass is 10.1. The van der Waals surface area contributed by atoms with Crippen LogP contribution in [-0.4, -0.2) is 21.9 Å². The Labute approximate surface area is 150 Å². The topological polar surface area (TPSA) is 82.3 Å². The van der Waals surface area contributed by atoms with E-state index < -0.39 is 11.8 Å². The molecule has 0 saturated heterocycles. The zero-order chi connectivity index (χ0) is 18.5. The fraction of sp³-hybridized carbons (Fsp3) is 0.200. The fourth-order valence-corrected chi connectivity index (χ4v) is 2.26. The van der Waals surface area contributed by atoms with E-state index in [-0.39, 0.29) is 18.1 Å². The van der Waals surface area contributed by atoms with E-state index in [0.717, 1.165) is 5.56 Å². The number of Topliss-reactive ketones (excluding diaryl/α,β-unsaturated/α-hetero) is 1. The standard InChI is InChI=1S/C20H18N2O4/c1-13(2)19-21-18(22-26-19)16-10-8-15(9-11-16)17(23)20(24)25-12-14-6-4-3-5-7-14/h3-11,13H,12H2,1-2H3. The first-order chi connectivity index (χ1) is 12.5. The molecule has 0 amide bonds.